The van der Waals surface area contributed by atoms with Gasteiger partial charge in [0.25, 0.3) is 0 Å². The summed E-state index contributed by atoms with van der Waals surface area (Å²) in [5, 5.41) is 0. The van der Waals surface area contributed by atoms with Crippen LogP contribution < -0.4 is 0 Å². The van der Waals surface area contributed by atoms with Crippen molar-refractivity contribution in [2.75, 3.05) is 13.2 Å². The second-order valence-electron chi connectivity index (χ2n) is 16.7. The molecule has 0 saturated heterocycles. The smallest absolute Gasteiger partial charge is 0.306 e. The molecule has 60 heavy (non-hydrogen) atoms. The molecule has 6 nitrogen and oxygen atoms in total. The predicted octanol–water partition coefficient (Wildman–Crippen LogP) is 16.5. The highest BCUT2D eigenvalue weighted by Crippen LogP contribution is 2.14. The maximum absolute atomic E-state index is 12.7. The largest absolute Gasteiger partial charge is 0.462 e. The topological polar surface area (TPSA) is 78.9 Å². The zero-order valence-corrected chi connectivity index (χ0v) is 39.5. The Hall–Kier alpha value is -2.89. The van der Waals surface area contributed by atoms with Crippen molar-refractivity contribution >= 4 is 17.9 Å². The first-order chi connectivity index (χ1) is 29.5. The van der Waals surface area contributed by atoms with E-state index in [4.69, 9.17) is 14.2 Å². The van der Waals surface area contributed by atoms with Crippen LogP contribution in [-0.2, 0) is 28.6 Å². The van der Waals surface area contributed by atoms with Crippen molar-refractivity contribution in [1.82, 2.24) is 0 Å². The Labute approximate surface area is 370 Å². The van der Waals surface area contributed by atoms with Crippen molar-refractivity contribution < 1.29 is 28.6 Å². The molecular formula is C54H94O6. The molecule has 0 aliphatic rings. The Balaban J connectivity index is 4.33. The number of hydrogen-bond donors (Lipinski definition) is 0. The average molecular weight is 839 g/mol. The first kappa shape index (κ1) is 57.1. The Morgan fingerprint density at radius 2 is 0.633 bits per heavy atom. The molecule has 0 aromatic heterocycles. The fourth-order valence-corrected chi connectivity index (χ4v) is 6.86. The van der Waals surface area contributed by atoms with Crippen molar-refractivity contribution in [2.45, 2.75) is 252 Å². The maximum Gasteiger partial charge on any atom is 0.306 e. The summed E-state index contributed by atoms with van der Waals surface area (Å²) in [6.45, 7) is 6.46. The molecule has 0 spiro atoms. The van der Waals surface area contributed by atoms with Gasteiger partial charge in [-0.05, 0) is 96.3 Å². The molecule has 0 aliphatic carbocycles. The van der Waals surface area contributed by atoms with Crippen LogP contribution in [0.15, 0.2) is 60.8 Å². The second kappa shape index (κ2) is 48.8. The minimum absolute atomic E-state index is 0.0849. The number of esters is 3. The molecular weight excluding hydrogens is 745 g/mol. The first-order valence-electron chi connectivity index (χ1n) is 25.3. The van der Waals surface area contributed by atoms with E-state index in [2.05, 4.69) is 81.5 Å². The first-order valence-corrected chi connectivity index (χ1v) is 25.3. The molecule has 1 unspecified atom stereocenters. The van der Waals surface area contributed by atoms with Gasteiger partial charge in [-0.1, -0.05) is 191 Å². The molecule has 346 valence electrons. The van der Waals surface area contributed by atoms with E-state index in [9.17, 15) is 14.4 Å². The molecule has 0 rings (SSSR count). The highest BCUT2D eigenvalue weighted by molar-refractivity contribution is 5.71. The summed E-state index contributed by atoms with van der Waals surface area (Å²) in [5.41, 5.74) is 0. The number of ether oxygens (including phenoxy) is 3. The Bertz CT molecular complexity index is 1100. The summed E-state index contributed by atoms with van der Waals surface area (Å²) in [6.07, 6.45) is 59.2. The van der Waals surface area contributed by atoms with Crippen molar-refractivity contribution in [3.05, 3.63) is 60.8 Å². The van der Waals surface area contributed by atoms with Gasteiger partial charge in [-0.3, -0.25) is 14.4 Å². The zero-order chi connectivity index (χ0) is 43.7. The Morgan fingerprint density at radius 3 is 1.02 bits per heavy atom. The van der Waals surface area contributed by atoms with Crippen molar-refractivity contribution in [1.29, 1.82) is 0 Å². The average Bonchev–Trinajstić information content (AvgIpc) is 3.24. The molecule has 0 radical (unpaired) electrons. The number of hydrogen-bond acceptors (Lipinski definition) is 6. The third kappa shape index (κ3) is 46.2. The highest BCUT2D eigenvalue weighted by atomic mass is 16.6. The van der Waals surface area contributed by atoms with Gasteiger partial charge in [0.1, 0.15) is 13.2 Å². The molecule has 0 heterocycles. The lowest BCUT2D eigenvalue weighted by Crippen LogP contribution is -2.30. The lowest BCUT2D eigenvalue weighted by Gasteiger charge is -2.18. The molecule has 1 atom stereocenters. The quantitative estimate of drug-likeness (QED) is 0.0263. The van der Waals surface area contributed by atoms with E-state index in [1.54, 1.807) is 0 Å². The van der Waals surface area contributed by atoms with E-state index < -0.39 is 6.10 Å². The summed E-state index contributed by atoms with van der Waals surface area (Å²) in [6, 6.07) is 0. The normalized spacial score (nSPS) is 12.5. The fourth-order valence-electron chi connectivity index (χ4n) is 6.86. The van der Waals surface area contributed by atoms with Gasteiger partial charge in [-0.25, -0.2) is 0 Å². The van der Waals surface area contributed by atoms with Gasteiger partial charge in [0, 0.05) is 19.3 Å². The standard InChI is InChI=1S/C54H94O6/c1-4-7-10-13-16-19-22-24-25-26-27-28-29-31-32-35-38-41-44-47-53(56)59-50-51(49-58-52(55)46-43-40-37-34-21-18-15-12-9-6-3)60-54(57)48-45-42-39-36-33-30-23-20-17-14-11-8-5-2/h11-12,14-16,19-20,23-25,51H,4-10,13,17-18,21-22,26-50H2,1-3H3/b14-11-,15-12-,19-16-,23-20-,25-24-. The molecule has 0 aliphatic heterocycles. The number of rotatable bonds is 45. The van der Waals surface area contributed by atoms with Crippen LogP contribution in [-0.4, -0.2) is 37.2 Å². The van der Waals surface area contributed by atoms with E-state index in [1.807, 2.05) is 0 Å². The molecule has 0 bridgehead atoms. The van der Waals surface area contributed by atoms with E-state index >= 15 is 0 Å². The minimum atomic E-state index is -0.784. The third-order valence-electron chi connectivity index (χ3n) is 10.7. The van der Waals surface area contributed by atoms with Crippen LogP contribution in [0.2, 0.25) is 0 Å². The van der Waals surface area contributed by atoms with Crippen LogP contribution in [0, 0.1) is 0 Å². The van der Waals surface area contributed by atoms with Gasteiger partial charge in [-0.15, -0.1) is 0 Å². The fraction of sp³-hybridized carbons (Fsp3) is 0.759. The molecule has 0 N–H and O–H groups in total. The molecule has 0 saturated carbocycles. The lowest BCUT2D eigenvalue weighted by molar-refractivity contribution is -0.167. The van der Waals surface area contributed by atoms with Gasteiger partial charge >= 0.3 is 17.9 Å². The van der Waals surface area contributed by atoms with Gasteiger partial charge in [-0.2, -0.15) is 0 Å². The second-order valence-corrected chi connectivity index (χ2v) is 16.7. The molecule has 6 heteroatoms. The predicted molar refractivity (Wildman–Crippen MR) is 256 cm³/mol. The van der Waals surface area contributed by atoms with Crippen LogP contribution in [0.1, 0.15) is 245 Å². The van der Waals surface area contributed by atoms with E-state index in [-0.39, 0.29) is 31.1 Å². The SMILES string of the molecule is CCC/C=C\C/C=C\CCCCCCCC(=O)OC(COC(=O)CCCCCCC/C=C\CCC)COC(=O)CCCCCCCCCCC/C=C\C/C=C\CCCCC. The van der Waals surface area contributed by atoms with Crippen LogP contribution in [0.5, 0.6) is 0 Å². The summed E-state index contributed by atoms with van der Waals surface area (Å²) < 4.78 is 16.7. The zero-order valence-electron chi connectivity index (χ0n) is 39.5. The molecule has 0 fully saturated rings. The van der Waals surface area contributed by atoms with E-state index in [1.165, 1.54) is 96.3 Å². The summed E-state index contributed by atoms with van der Waals surface area (Å²) >= 11 is 0. The van der Waals surface area contributed by atoms with Crippen LogP contribution >= 0.6 is 0 Å². The number of unbranched alkanes of at least 4 members (excludes halogenated alkanes) is 24. The van der Waals surface area contributed by atoms with Gasteiger partial charge in [0.15, 0.2) is 6.10 Å². The Kier molecular flexibility index (Phi) is 46.4. The van der Waals surface area contributed by atoms with Gasteiger partial charge in [0.05, 0.1) is 0 Å². The van der Waals surface area contributed by atoms with E-state index in [0.29, 0.717) is 19.3 Å². The van der Waals surface area contributed by atoms with E-state index in [0.717, 1.165) is 109 Å². The van der Waals surface area contributed by atoms with Crippen molar-refractivity contribution in [2.24, 2.45) is 0 Å². The number of carbonyl (C=O) groups excluding carboxylic acids is 3. The Morgan fingerprint density at radius 1 is 0.333 bits per heavy atom. The highest BCUT2D eigenvalue weighted by Gasteiger charge is 2.19. The van der Waals surface area contributed by atoms with Gasteiger partial charge in [0.2, 0.25) is 0 Å². The van der Waals surface area contributed by atoms with Crippen molar-refractivity contribution in [3.63, 3.8) is 0 Å². The molecule has 0 amide bonds. The van der Waals surface area contributed by atoms with Crippen molar-refractivity contribution in [3.8, 4) is 0 Å². The summed E-state index contributed by atoms with van der Waals surface area (Å²) in [7, 11) is 0. The maximum atomic E-state index is 12.7. The van der Waals surface area contributed by atoms with Gasteiger partial charge < -0.3 is 14.2 Å². The van der Waals surface area contributed by atoms with Crippen LogP contribution in [0.4, 0.5) is 0 Å². The van der Waals surface area contributed by atoms with Crippen LogP contribution in [0.3, 0.4) is 0 Å². The summed E-state index contributed by atoms with van der Waals surface area (Å²) in [4.78, 5) is 37.9. The number of allylic oxidation sites excluding steroid dienone is 10. The van der Waals surface area contributed by atoms with Crippen LogP contribution in [0.25, 0.3) is 0 Å². The summed E-state index contributed by atoms with van der Waals surface area (Å²) in [5.74, 6) is -0.913. The number of carbonyl (C=O) groups is 3. The third-order valence-corrected chi connectivity index (χ3v) is 10.7. The minimum Gasteiger partial charge on any atom is -0.462 e. The lowest BCUT2D eigenvalue weighted by atomic mass is 10.1. The molecule has 0 aromatic carbocycles. The molecule has 0 aromatic rings. The monoisotopic (exact) mass is 839 g/mol.